The molecule has 1 fully saturated rings. The van der Waals surface area contributed by atoms with Crippen molar-refractivity contribution < 1.29 is 0 Å². The first kappa shape index (κ1) is 14.3. The van der Waals surface area contributed by atoms with Crippen LogP contribution in [0.3, 0.4) is 0 Å². The van der Waals surface area contributed by atoms with Gasteiger partial charge in [0.1, 0.15) is 0 Å². The molecule has 0 bridgehead atoms. The molecular weight excluding hydrogens is 325 g/mol. The average molecular weight is 345 g/mol. The Labute approximate surface area is 120 Å². The molecule has 0 aliphatic heterocycles. The van der Waals surface area contributed by atoms with Crippen molar-refractivity contribution in [1.29, 1.82) is 0 Å². The van der Waals surface area contributed by atoms with Crippen LogP contribution in [-0.2, 0) is 0 Å². The normalized spacial score (nSPS) is 15.6. The number of guanidine groups is 1. The van der Waals surface area contributed by atoms with E-state index < -0.39 is 0 Å². The van der Waals surface area contributed by atoms with Gasteiger partial charge in [-0.1, -0.05) is 26.0 Å². The number of nitrogens with zero attached hydrogens (tertiary/aromatic N) is 1. The fourth-order valence-electron chi connectivity index (χ4n) is 1.56. The lowest BCUT2D eigenvalue weighted by Crippen LogP contribution is -2.23. The van der Waals surface area contributed by atoms with Crippen molar-refractivity contribution in [3.8, 4) is 0 Å². The molecule has 4 heteroatoms. The Morgan fingerprint density at radius 3 is 2.71 bits per heavy atom. The molecular formula is C13H20IN3. The Balaban J connectivity index is 0.00000144. The van der Waals surface area contributed by atoms with E-state index in [1.807, 2.05) is 12.1 Å². The summed E-state index contributed by atoms with van der Waals surface area (Å²) >= 11 is 0. The molecule has 0 aromatic heterocycles. The number of rotatable bonds is 3. The molecule has 0 atom stereocenters. The highest BCUT2D eigenvalue weighted by Crippen LogP contribution is 2.23. The average Bonchev–Trinajstić information content (AvgIpc) is 3.01. The van der Waals surface area contributed by atoms with Gasteiger partial charge in [0.2, 0.25) is 0 Å². The molecule has 94 valence electrons. The van der Waals surface area contributed by atoms with Gasteiger partial charge in [-0.2, -0.15) is 0 Å². The van der Waals surface area contributed by atoms with Gasteiger partial charge in [-0.3, -0.25) is 0 Å². The van der Waals surface area contributed by atoms with Gasteiger partial charge in [-0.15, -0.1) is 24.0 Å². The first-order valence-corrected chi connectivity index (χ1v) is 5.85. The van der Waals surface area contributed by atoms with Gasteiger partial charge in [0.25, 0.3) is 0 Å². The minimum atomic E-state index is 0. The number of nitrogens with two attached hydrogens (primary N) is 1. The quantitative estimate of drug-likeness (QED) is 0.502. The van der Waals surface area contributed by atoms with E-state index in [0.717, 1.165) is 5.69 Å². The standard InChI is InChI=1S/C13H19N3.HI/c1-9(2)10-4-3-5-12(8-10)16-13(14)15-11-6-7-11;/h3-5,8-9,11H,6-7H2,1-2H3,(H3,14,15,16);1H. The predicted octanol–water partition coefficient (Wildman–Crippen LogP) is 3.32. The lowest BCUT2D eigenvalue weighted by molar-refractivity contribution is 0.867. The Bertz CT molecular complexity index is 397. The smallest absolute Gasteiger partial charge is 0.193 e. The van der Waals surface area contributed by atoms with Crippen LogP contribution in [0.25, 0.3) is 0 Å². The molecule has 2 rings (SSSR count). The van der Waals surface area contributed by atoms with Crippen LogP contribution in [-0.4, -0.2) is 12.0 Å². The highest BCUT2D eigenvalue weighted by Gasteiger charge is 2.20. The SMILES string of the molecule is CC(C)c1cccc(NC(N)=NC2CC2)c1.I. The fraction of sp³-hybridized carbons (Fsp3) is 0.462. The molecule has 1 aromatic rings. The minimum absolute atomic E-state index is 0. The zero-order valence-corrected chi connectivity index (χ0v) is 12.6. The van der Waals surface area contributed by atoms with Crippen molar-refractivity contribution in [2.45, 2.75) is 38.6 Å². The lowest BCUT2D eigenvalue weighted by Gasteiger charge is -2.09. The molecule has 1 aromatic carbocycles. The molecule has 3 N–H and O–H groups in total. The summed E-state index contributed by atoms with van der Waals surface area (Å²) in [5.41, 5.74) is 8.14. The second kappa shape index (κ2) is 6.23. The van der Waals surface area contributed by atoms with Crippen LogP contribution in [0.5, 0.6) is 0 Å². The molecule has 0 unspecified atom stereocenters. The van der Waals surface area contributed by atoms with Crippen LogP contribution in [0.15, 0.2) is 29.3 Å². The molecule has 0 saturated heterocycles. The van der Waals surface area contributed by atoms with E-state index in [1.165, 1.54) is 18.4 Å². The third-order valence-corrected chi connectivity index (χ3v) is 2.69. The van der Waals surface area contributed by atoms with Gasteiger partial charge < -0.3 is 11.1 Å². The third kappa shape index (κ3) is 4.53. The van der Waals surface area contributed by atoms with E-state index in [4.69, 9.17) is 5.73 Å². The maximum Gasteiger partial charge on any atom is 0.193 e. The molecule has 1 saturated carbocycles. The largest absolute Gasteiger partial charge is 0.370 e. The summed E-state index contributed by atoms with van der Waals surface area (Å²) in [4.78, 5) is 4.34. The number of aliphatic imine (C=N–C) groups is 1. The summed E-state index contributed by atoms with van der Waals surface area (Å²) in [6, 6.07) is 8.77. The van der Waals surface area contributed by atoms with Crippen LogP contribution in [0.1, 0.15) is 38.2 Å². The maximum atomic E-state index is 5.81. The summed E-state index contributed by atoms with van der Waals surface area (Å²) in [6.07, 6.45) is 2.35. The van der Waals surface area contributed by atoms with Gasteiger partial charge in [-0.05, 0) is 36.5 Å². The fourth-order valence-corrected chi connectivity index (χ4v) is 1.56. The van der Waals surface area contributed by atoms with Crippen molar-refractivity contribution in [1.82, 2.24) is 0 Å². The van der Waals surface area contributed by atoms with Gasteiger partial charge in [0.05, 0.1) is 6.04 Å². The molecule has 0 amide bonds. The molecule has 1 aliphatic rings. The molecule has 3 nitrogen and oxygen atoms in total. The van der Waals surface area contributed by atoms with Crippen molar-refractivity contribution >= 4 is 35.6 Å². The van der Waals surface area contributed by atoms with Crippen LogP contribution < -0.4 is 11.1 Å². The van der Waals surface area contributed by atoms with Crippen LogP contribution in [0.2, 0.25) is 0 Å². The van der Waals surface area contributed by atoms with E-state index >= 15 is 0 Å². The van der Waals surface area contributed by atoms with Crippen molar-refractivity contribution in [3.63, 3.8) is 0 Å². The van der Waals surface area contributed by atoms with E-state index in [-0.39, 0.29) is 24.0 Å². The van der Waals surface area contributed by atoms with Crippen LogP contribution >= 0.6 is 24.0 Å². The Morgan fingerprint density at radius 1 is 1.41 bits per heavy atom. The van der Waals surface area contributed by atoms with Gasteiger partial charge in [0.15, 0.2) is 5.96 Å². The number of hydrogen-bond donors (Lipinski definition) is 2. The summed E-state index contributed by atoms with van der Waals surface area (Å²) in [6.45, 7) is 4.36. The predicted molar refractivity (Wildman–Crippen MR) is 84.2 cm³/mol. The van der Waals surface area contributed by atoms with Crippen molar-refractivity contribution in [2.75, 3.05) is 5.32 Å². The highest BCUT2D eigenvalue weighted by molar-refractivity contribution is 14.0. The first-order valence-electron chi connectivity index (χ1n) is 5.85. The van der Waals surface area contributed by atoms with Crippen LogP contribution in [0.4, 0.5) is 5.69 Å². The molecule has 0 spiro atoms. The van der Waals surface area contributed by atoms with E-state index in [9.17, 15) is 0 Å². The zero-order chi connectivity index (χ0) is 11.5. The van der Waals surface area contributed by atoms with Crippen molar-refractivity contribution in [2.24, 2.45) is 10.7 Å². The summed E-state index contributed by atoms with van der Waals surface area (Å²) in [5, 5.41) is 3.14. The van der Waals surface area contributed by atoms with Crippen LogP contribution in [0, 0.1) is 0 Å². The van der Waals surface area contributed by atoms with E-state index in [1.54, 1.807) is 0 Å². The van der Waals surface area contributed by atoms with E-state index in [2.05, 4.69) is 36.3 Å². The monoisotopic (exact) mass is 345 g/mol. The van der Waals surface area contributed by atoms with Gasteiger partial charge in [-0.25, -0.2) is 4.99 Å². The summed E-state index contributed by atoms with van der Waals surface area (Å²) < 4.78 is 0. The number of hydrogen-bond acceptors (Lipinski definition) is 1. The summed E-state index contributed by atoms with van der Waals surface area (Å²) in [7, 11) is 0. The highest BCUT2D eigenvalue weighted by atomic mass is 127. The summed E-state index contributed by atoms with van der Waals surface area (Å²) in [5.74, 6) is 1.06. The van der Waals surface area contributed by atoms with Gasteiger partial charge in [0, 0.05) is 5.69 Å². The molecule has 1 aliphatic carbocycles. The number of benzene rings is 1. The first-order chi connectivity index (χ1) is 7.65. The third-order valence-electron chi connectivity index (χ3n) is 2.69. The second-order valence-corrected chi connectivity index (χ2v) is 4.65. The number of nitrogens with one attached hydrogen (secondary N) is 1. The Kier molecular flexibility index (Phi) is 5.24. The lowest BCUT2D eigenvalue weighted by atomic mass is 10.0. The molecule has 0 heterocycles. The van der Waals surface area contributed by atoms with E-state index in [0.29, 0.717) is 17.9 Å². The number of anilines is 1. The topological polar surface area (TPSA) is 50.4 Å². The van der Waals surface area contributed by atoms with Crippen molar-refractivity contribution in [3.05, 3.63) is 29.8 Å². The van der Waals surface area contributed by atoms with Gasteiger partial charge >= 0.3 is 0 Å². The maximum absolute atomic E-state index is 5.81. The molecule has 17 heavy (non-hydrogen) atoms. The number of halogens is 1. The Hall–Kier alpha value is -0.780. The molecule has 0 radical (unpaired) electrons. The minimum Gasteiger partial charge on any atom is -0.370 e. The second-order valence-electron chi connectivity index (χ2n) is 4.65. The Morgan fingerprint density at radius 2 is 2.12 bits per heavy atom. The zero-order valence-electron chi connectivity index (χ0n) is 10.3.